The van der Waals surface area contributed by atoms with Crippen molar-refractivity contribution in [2.75, 3.05) is 29.9 Å². The van der Waals surface area contributed by atoms with E-state index < -0.39 is 18.5 Å². The number of aryl methyl sites for hydroxylation is 1. The van der Waals surface area contributed by atoms with Crippen LogP contribution in [0.4, 0.5) is 11.5 Å². The van der Waals surface area contributed by atoms with E-state index in [1.165, 1.54) is 0 Å². The number of benzene rings is 2. The summed E-state index contributed by atoms with van der Waals surface area (Å²) in [4.78, 5) is 26.7. The second-order valence-electron chi connectivity index (χ2n) is 7.51. The zero-order valence-electron chi connectivity index (χ0n) is 17.8. The summed E-state index contributed by atoms with van der Waals surface area (Å²) < 4.78 is 11.0. The first-order valence-corrected chi connectivity index (χ1v) is 10.5. The molecule has 1 N–H and O–H groups in total. The van der Waals surface area contributed by atoms with E-state index in [4.69, 9.17) is 9.47 Å². The van der Waals surface area contributed by atoms with Gasteiger partial charge in [0, 0.05) is 13.1 Å². The summed E-state index contributed by atoms with van der Waals surface area (Å²) in [6, 6.07) is 17.9. The number of esters is 1. The van der Waals surface area contributed by atoms with Crippen LogP contribution in [0.5, 0.6) is 11.5 Å². The Bertz CT molecular complexity index is 1080. The van der Waals surface area contributed by atoms with Crippen molar-refractivity contribution in [2.24, 2.45) is 0 Å². The fraction of sp³-hybridized carbons (Fsp3) is 0.250. The van der Waals surface area contributed by atoms with Gasteiger partial charge in [0.1, 0.15) is 5.75 Å². The molecule has 0 saturated carbocycles. The number of carbonyl (C=O) groups excluding carboxylic acids is 2. The second-order valence-corrected chi connectivity index (χ2v) is 7.51. The zero-order chi connectivity index (χ0) is 22.3. The van der Waals surface area contributed by atoms with Crippen molar-refractivity contribution in [1.29, 1.82) is 0 Å². The third-order valence-electron chi connectivity index (χ3n) is 5.03. The number of aromatic nitrogens is 2. The fourth-order valence-corrected chi connectivity index (χ4v) is 3.33. The minimum absolute atomic E-state index is 0.0591. The second kappa shape index (κ2) is 9.91. The maximum absolute atomic E-state index is 12.3. The van der Waals surface area contributed by atoms with Gasteiger partial charge in [0.25, 0.3) is 5.91 Å². The number of carbonyl (C=O) groups is 2. The topological polar surface area (TPSA) is 93.6 Å². The van der Waals surface area contributed by atoms with Crippen LogP contribution in [0.15, 0.2) is 60.7 Å². The molecule has 0 atom stereocenters. The standard InChI is InChI=1S/C24H24N4O4/c1-17-8-10-18(11-9-17)32-21-7-3-2-6-19(21)25-23(29)16-31-24(30)20-12-13-22(27-26-20)28-14-4-5-15-28/h2-3,6-13H,4-5,14-16H2,1H3,(H,25,29). The van der Waals surface area contributed by atoms with Gasteiger partial charge in [-0.2, -0.15) is 0 Å². The first kappa shape index (κ1) is 21.3. The first-order chi connectivity index (χ1) is 15.6. The number of nitrogens with zero attached hydrogens (tertiary/aromatic N) is 3. The quantitative estimate of drug-likeness (QED) is 0.565. The molecule has 1 saturated heterocycles. The Morgan fingerprint density at radius 2 is 1.72 bits per heavy atom. The highest BCUT2D eigenvalue weighted by molar-refractivity contribution is 5.95. The molecule has 0 bridgehead atoms. The summed E-state index contributed by atoms with van der Waals surface area (Å²) in [6.07, 6.45) is 2.25. The van der Waals surface area contributed by atoms with E-state index in [-0.39, 0.29) is 5.69 Å². The molecule has 1 aliphatic heterocycles. The van der Waals surface area contributed by atoms with Gasteiger partial charge in [0.05, 0.1) is 5.69 Å². The largest absolute Gasteiger partial charge is 0.455 e. The highest BCUT2D eigenvalue weighted by Gasteiger charge is 2.17. The van der Waals surface area contributed by atoms with E-state index in [0.717, 1.165) is 37.3 Å². The lowest BCUT2D eigenvalue weighted by Crippen LogP contribution is -2.22. The fourth-order valence-electron chi connectivity index (χ4n) is 3.33. The zero-order valence-corrected chi connectivity index (χ0v) is 17.8. The molecule has 32 heavy (non-hydrogen) atoms. The van der Waals surface area contributed by atoms with E-state index >= 15 is 0 Å². The predicted molar refractivity (Wildman–Crippen MR) is 120 cm³/mol. The third-order valence-corrected chi connectivity index (χ3v) is 5.03. The van der Waals surface area contributed by atoms with Gasteiger partial charge in [-0.3, -0.25) is 4.79 Å². The molecule has 1 aromatic heterocycles. The lowest BCUT2D eigenvalue weighted by Gasteiger charge is -2.15. The number of rotatable bonds is 7. The van der Waals surface area contributed by atoms with Gasteiger partial charge < -0.3 is 19.7 Å². The molecule has 1 aliphatic rings. The van der Waals surface area contributed by atoms with Crippen molar-refractivity contribution >= 4 is 23.4 Å². The van der Waals surface area contributed by atoms with Gasteiger partial charge in [-0.25, -0.2) is 4.79 Å². The third kappa shape index (κ3) is 5.40. The summed E-state index contributed by atoms with van der Waals surface area (Å²) in [5.74, 6) is 0.686. The molecule has 8 nitrogen and oxygen atoms in total. The minimum atomic E-state index is -0.704. The molecule has 0 spiro atoms. The average molecular weight is 432 g/mol. The van der Waals surface area contributed by atoms with Crippen LogP contribution < -0.4 is 15.0 Å². The van der Waals surface area contributed by atoms with E-state index in [9.17, 15) is 9.59 Å². The van der Waals surface area contributed by atoms with Crippen molar-refractivity contribution in [2.45, 2.75) is 19.8 Å². The Morgan fingerprint density at radius 1 is 0.969 bits per heavy atom. The Morgan fingerprint density at radius 3 is 2.44 bits per heavy atom. The highest BCUT2D eigenvalue weighted by Crippen LogP contribution is 2.29. The molecule has 2 heterocycles. The van der Waals surface area contributed by atoms with Crippen LogP contribution in [-0.2, 0) is 9.53 Å². The number of hydrogen-bond acceptors (Lipinski definition) is 7. The van der Waals surface area contributed by atoms with Gasteiger partial charge in [-0.05, 0) is 56.2 Å². The van der Waals surface area contributed by atoms with Crippen LogP contribution >= 0.6 is 0 Å². The molecule has 8 heteroatoms. The summed E-state index contributed by atoms with van der Waals surface area (Å²) in [5, 5.41) is 10.7. The van der Waals surface area contributed by atoms with Crippen LogP contribution in [0, 0.1) is 6.92 Å². The Hall–Kier alpha value is -3.94. The number of anilines is 2. The van der Waals surface area contributed by atoms with Gasteiger partial charge in [0.15, 0.2) is 23.9 Å². The molecule has 164 valence electrons. The maximum Gasteiger partial charge on any atom is 0.359 e. The molecule has 4 rings (SSSR count). The van der Waals surface area contributed by atoms with Gasteiger partial charge >= 0.3 is 5.97 Å². The smallest absolute Gasteiger partial charge is 0.359 e. The molecule has 3 aromatic rings. The van der Waals surface area contributed by atoms with E-state index in [0.29, 0.717) is 17.2 Å². The van der Waals surface area contributed by atoms with Crippen molar-refractivity contribution in [1.82, 2.24) is 10.2 Å². The lowest BCUT2D eigenvalue weighted by molar-refractivity contribution is -0.119. The van der Waals surface area contributed by atoms with Gasteiger partial charge in [-0.1, -0.05) is 29.8 Å². The summed E-state index contributed by atoms with van der Waals surface area (Å²) in [6.45, 7) is 3.42. The molecule has 1 fully saturated rings. The summed E-state index contributed by atoms with van der Waals surface area (Å²) in [5.41, 5.74) is 1.66. The monoisotopic (exact) mass is 432 g/mol. The number of amides is 1. The molecular formula is C24H24N4O4. The van der Waals surface area contributed by atoms with Crippen molar-refractivity contribution < 1.29 is 19.1 Å². The van der Waals surface area contributed by atoms with Crippen LogP contribution in [0.2, 0.25) is 0 Å². The Labute approximate surface area is 186 Å². The highest BCUT2D eigenvalue weighted by atomic mass is 16.5. The number of ether oxygens (including phenoxy) is 2. The van der Waals surface area contributed by atoms with E-state index in [2.05, 4.69) is 20.4 Å². The molecule has 1 amide bonds. The van der Waals surface area contributed by atoms with Gasteiger partial charge in [0.2, 0.25) is 0 Å². The number of nitrogens with one attached hydrogen (secondary N) is 1. The Kier molecular flexibility index (Phi) is 6.60. The van der Waals surface area contributed by atoms with Gasteiger partial charge in [-0.15, -0.1) is 10.2 Å². The molecule has 0 aliphatic carbocycles. The molecular weight excluding hydrogens is 408 g/mol. The lowest BCUT2D eigenvalue weighted by atomic mass is 10.2. The van der Waals surface area contributed by atoms with Crippen molar-refractivity contribution in [3.63, 3.8) is 0 Å². The summed E-state index contributed by atoms with van der Waals surface area (Å²) in [7, 11) is 0. The summed E-state index contributed by atoms with van der Waals surface area (Å²) >= 11 is 0. The predicted octanol–water partition coefficient (Wildman–Crippen LogP) is 3.97. The van der Waals surface area contributed by atoms with Crippen LogP contribution in [0.25, 0.3) is 0 Å². The van der Waals surface area contributed by atoms with E-state index in [1.807, 2.05) is 37.3 Å². The molecule has 2 aromatic carbocycles. The van der Waals surface area contributed by atoms with Crippen LogP contribution in [0.1, 0.15) is 28.9 Å². The van der Waals surface area contributed by atoms with Crippen LogP contribution in [-0.4, -0.2) is 41.8 Å². The number of para-hydroxylation sites is 2. The number of hydrogen-bond donors (Lipinski definition) is 1. The minimum Gasteiger partial charge on any atom is -0.455 e. The first-order valence-electron chi connectivity index (χ1n) is 10.5. The van der Waals surface area contributed by atoms with Crippen molar-refractivity contribution in [3.05, 3.63) is 71.9 Å². The maximum atomic E-state index is 12.3. The van der Waals surface area contributed by atoms with E-state index in [1.54, 1.807) is 30.3 Å². The Balaban J connectivity index is 1.32. The normalized spacial score (nSPS) is 13.0. The van der Waals surface area contributed by atoms with Crippen molar-refractivity contribution in [3.8, 4) is 11.5 Å². The molecule has 0 unspecified atom stereocenters. The average Bonchev–Trinajstić information content (AvgIpc) is 3.35. The molecule has 0 radical (unpaired) electrons. The SMILES string of the molecule is Cc1ccc(Oc2ccccc2NC(=O)COC(=O)c2ccc(N3CCCC3)nn2)cc1. The van der Waals surface area contributed by atoms with Crippen LogP contribution in [0.3, 0.4) is 0 Å².